The van der Waals surface area contributed by atoms with Gasteiger partial charge in [-0.3, -0.25) is 0 Å². The molecule has 0 spiro atoms. The molecule has 2 saturated heterocycles. The van der Waals surface area contributed by atoms with E-state index in [4.69, 9.17) is 15.2 Å². The van der Waals surface area contributed by atoms with Crippen molar-refractivity contribution < 1.29 is 13.9 Å². The van der Waals surface area contributed by atoms with Crippen LogP contribution in [0.1, 0.15) is 25.5 Å². The summed E-state index contributed by atoms with van der Waals surface area (Å²) in [7, 11) is 0. The number of aromatic amines is 1. The molecule has 3 aromatic rings. The van der Waals surface area contributed by atoms with Crippen LogP contribution in [-0.2, 0) is 9.47 Å². The molecule has 0 saturated carbocycles. The molecule has 0 bridgehead atoms. The Morgan fingerprint density at radius 2 is 2.04 bits per heavy atom. The van der Waals surface area contributed by atoms with Gasteiger partial charge in [0.15, 0.2) is 11.5 Å². The van der Waals surface area contributed by atoms with Gasteiger partial charge < -0.3 is 25.1 Å². The Balaban J connectivity index is 1.49. The average Bonchev–Trinajstić information content (AvgIpc) is 3.31. The van der Waals surface area contributed by atoms with E-state index >= 15 is 0 Å². The van der Waals surface area contributed by atoms with Crippen molar-refractivity contribution in [3.8, 4) is 11.5 Å². The lowest BCUT2D eigenvalue weighted by molar-refractivity contribution is -0.0393. The number of nitrogens with two attached hydrogens (primary N) is 1. The molecule has 2 fully saturated rings. The fourth-order valence-corrected chi connectivity index (χ4v) is 3.85. The molecule has 1 atom stereocenters. The van der Waals surface area contributed by atoms with E-state index in [1.54, 1.807) is 16.9 Å². The standard InChI is InChI=1S/C19H23FN6O2/c20-12-9-14-15(10-16(12)25-4-7-27-8-5-25)23-19(22-14)18-13(21)11-26(24-18)17-3-1-2-6-28-17/h9-11,17H,1-8,21H2,(H,22,23). The molecule has 0 amide bonds. The molecular formula is C19H23FN6O2. The summed E-state index contributed by atoms with van der Waals surface area (Å²) in [6.07, 6.45) is 4.77. The van der Waals surface area contributed by atoms with Crippen LogP contribution in [0.3, 0.4) is 0 Å². The van der Waals surface area contributed by atoms with E-state index in [9.17, 15) is 4.39 Å². The molecular weight excluding hydrogens is 363 g/mol. The zero-order valence-corrected chi connectivity index (χ0v) is 15.5. The minimum atomic E-state index is -0.290. The highest BCUT2D eigenvalue weighted by Gasteiger charge is 2.22. The Morgan fingerprint density at radius 1 is 1.18 bits per heavy atom. The van der Waals surface area contributed by atoms with E-state index in [-0.39, 0.29) is 12.0 Å². The summed E-state index contributed by atoms with van der Waals surface area (Å²) in [5.41, 5.74) is 9.11. The molecule has 4 heterocycles. The Labute approximate surface area is 161 Å². The van der Waals surface area contributed by atoms with Crippen molar-refractivity contribution in [3.05, 3.63) is 24.1 Å². The fourth-order valence-electron chi connectivity index (χ4n) is 3.85. The first-order valence-electron chi connectivity index (χ1n) is 9.67. The summed E-state index contributed by atoms with van der Waals surface area (Å²) in [5.74, 6) is 0.238. The zero-order valence-electron chi connectivity index (χ0n) is 15.5. The predicted octanol–water partition coefficient (Wildman–Crippen LogP) is 2.68. The maximum Gasteiger partial charge on any atom is 0.161 e. The van der Waals surface area contributed by atoms with Crippen molar-refractivity contribution in [1.82, 2.24) is 19.7 Å². The molecule has 1 aromatic carbocycles. The molecule has 2 aromatic heterocycles. The van der Waals surface area contributed by atoms with Gasteiger partial charge in [-0.1, -0.05) is 0 Å². The maximum atomic E-state index is 14.6. The third-order valence-corrected chi connectivity index (χ3v) is 5.34. The van der Waals surface area contributed by atoms with Crippen molar-refractivity contribution in [1.29, 1.82) is 0 Å². The Kier molecular flexibility index (Phi) is 4.40. The molecule has 148 valence electrons. The predicted molar refractivity (Wildman–Crippen MR) is 104 cm³/mol. The number of fused-ring (bicyclic) bond motifs is 1. The van der Waals surface area contributed by atoms with Crippen LogP contribution in [0.5, 0.6) is 0 Å². The van der Waals surface area contributed by atoms with Gasteiger partial charge in [0.2, 0.25) is 0 Å². The van der Waals surface area contributed by atoms with Gasteiger partial charge in [0.05, 0.1) is 41.8 Å². The highest BCUT2D eigenvalue weighted by atomic mass is 19.1. The highest BCUT2D eigenvalue weighted by Crippen LogP contribution is 2.31. The first-order chi connectivity index (χ1) is 13.7. The minimum absolute atomic E-state index is 0.0976. The SMILES string of the molecule is Nc1cn(C2CCCCO2)nc1-c1nc2cc(F)c(N3CCOCC3)cc2[nH]1. The van der Waals surface area contributed by atoms with E-state index in [2.05, 4.69) is 15.1 Å². The number of anilines is 2. The molecule has 2 aliphatic heterocycles. The molecule has 5 rings (SSSR count). The number of hydrogen-bond acceptors (Lipinski definition) is 6. The first-order valence-corrected chi connectivity index (χ1v) is 9.67. The number of imidazole rings is 1. The Bertz CT molecular complexity index is 988. The highest BCUT2D eigenvalue weighted by molar-refractivity contribution is 5.84. The van der Waals surface area contributed by atoms with E-state index in [0.717, 1.165) is 31.4 Å². The van der Waals surface area contributed by atoms with Crippen molar-refractivity contribution in [2.75, 3.05) is 43.5 Å². The van der Waals surface area contributed by atoms with Crippen molar-refractivity contribution in [2.24, 2.45) is 0 Å². The van der Waals surface area contributed by atoms with Gasteiger partial charge in [-0.05, 0) is 25.3 Å². The summed E-state index contributed by atoms with van der Waals surface area (Å²) in [4.78, 5) is 9.75. The number of hydrogen-bond donors (Lipinski definition) is 2. The van der Waals surface area contributed by atoms with Crippen LogP contribution in [-0.4, -0.2) is 52.7 Å². The number of ether oxygens (including phenoxy) is 2. The number of nitrogens with one attached hydrogen (secondary N) is 1. The molecule has 0 aliphatic carbocycles. The van der Waals surface area contributed by atoms with E-state index in [1.165, 1.54) is 6.07 Å². The van der Waals surface area contributed by atoms with Gasteiger partial charge >= 0.3 is 0 Å². The van der Waals surface area contributed by atoms with Crippen molar-refractivity contribution in [2.45, 2.75) is 25.5 Å². The lowest BCUT2D eigenvalue weighted by Gasteiger charge is -2.29. The largest absolute Gasteiger partial charge is 0.396 e. The summed E-state index contributed by atoms with van der Waals surface area (Å²) >= 11 is 0. The summed E-state index contributed by atoms with van der Waals surface area (Å²) < 4.78 is 27.5. The van der Waals surface area contributed by atoms with E-state index in [1.807, 2.05) is 4.90 Å². The van der Waals surface area contributed by atoms with Crippen LogP contribution in [0.15, 0.2) is 18.3 Å². The molecule has 2 aliphatic rings. The topological polar surface area (TPSA) is 94.2 Å². The Hall–Kier alpha value is -2.65. The second-order valence-corrected chi connectivity index (χ2v) is 7.24. The first kappa shape index (κ1) is 17.4. The minimum Gasteiger partial charge on any atom is -0.396 e. The number of rotatable bonds is 3. The van der Waals surface area contributed by atoms with Crippen LogP contribution < -0.4 is 10.6 Å². The second-order valence-electron chi connectivity index (χ2n) is 7.24. The number of aromatic nitrogens is 4. The van der Waals surface area contributed by atoms with Crippen LogP contribution in [0.4, 0.5) is 15.8 Å². The van der Waals surface area contributed by atoms with Gasteiger partial charge in [-0.25, -0.2) is 14.1 Å². The zero-order chi connectivity index (χ0) is 19.1. The number of morpholine rings is 1. The van der Waals surface area contributed by atoms with E-state index in [0.29, 0.717) is 54.7 Å². The molecule has 9 heteroatoms. The van der Waals surface area contributed by atoms with Crippen LogP contribution in [0, 0.1) is 5.82 Å². The van der Waals surface area contributed by atoms with E-state index < -0.39 is 0 Å². The number of nitrogens with zero attached hydrogens (tertiary/aromatic N) is 4. The molecule has 1 unspecified atom stereocenters. The molecule has 28 heavy (non-hydrogen) atoms. The van der Waals surface area contributed by atoms with Crippen molar-refractivity contribution >= 4 is 22.4 Å². The van der Waals surface area contributed by atoms with Crippen LogP contribution >= 0.6 is 0 Å². The molecule has 0 radical (unpaired) electrons. The number of nitrogen functional groups attached to an aromatic ring is 1. The van der Waals surface area contributed by atoms with Gasteiger partial charge in [-0.2, -0.15) is 5.10 Å². The lowest BCUT2D eigenvalue weighted by Crippen LogP contribution is -2.36. The van der Waals surface area contributed by atoms with Gasteiger partial charge in [0, 0.05) is 25.8 Å². The molecule has 3 N–H and O–H groups in total. The fraction of sp³-hybridized carbons (Fsp3) is 0.474. The third kappa shape index (κ3) is 3.10. The lowest BCUT2D eigenvalue weighted by atomic mass is 10.2. The summed E-state index contributed by atoms with van der Waals surface area (Å²) in [6.45, 7) is 3.27. The van der Waals surface area contributed by atoms with Crippen LogP contribution in [0.25, 0.3) is 22.6 Å². The summed E-state index contributed by atoms with van der Waals surface area (Å²) in [5, 5.41) is 4.59. The smallest absolute Gasteiger partial charge is 0.161 e. The Morgan fingerprint density at radius 3 is 2.82 bits per heavy atom. The van der Waals surface area contributed by atoms with Crippen LogP contribution in [0.2, 0.25) is 0 Å². The van der Waals surface area contributed by atoms with Crippen molar-refractivity contribution in [3.63, 3.8) is 0 Å². The van der Waals surface area contributed by atoms with Gasteiger partial charge in [0.25, 0.3) is 0 Å². The maximum absolute atomic E-state index is 14.6. The number of benzene rings is 1. The number of halogens is 1. The monoisotopic (exact) mass is 386 g/mol. The second kappa shape index (κ2) is 7.06. The quantitative estimate of drug-likeness (QED) is 0.719. The number of H-pyrrole nitrogens is 1. The third-order valence-electron chi connectivity index (χ3n) is 5.34. The molecule has 8 nitrogen and oxygen atoms in total. The normalized spacial score (nSPS) is 20.8. The van der Waals surface area contributed by atoms with Gasteiger partial charge in [-0.15, -0.1) is 0 Å². The average molecular weight is 386 g/mol. The van der Waals surface area contributed by atoms with Gasteiger partial charge in [0.1, 0.15) is 12.0 Å². The summed E-state index contributed by atoms with van der Waals surface area (Å²) in [6, 6.07) is 3.25.